The predicted molar refractivity (Wildman–Crippen MR) is 252 cm³/mol. The molecule has 4 aromatic carbocycles. The number of hydrogen-bond donors (Lipinski definition) is 4. The molecule has 5 atom stereocenters. The lowest BCUT2D eigenvalue weighted by atomic mass is 10.0. The summed E-state index contributed by atoms with van der Waals surface area (Å²) in [6, 6.07) is 18.2. The summed E-state index contributed by atoms with van der Waals surface area (Å²) in [6.07, 6.45) is 8.10. The molecular formula is C50H53N7O10. The largest absolute Gasteiger partial charge is 0.493 e. The normalized spacial score (nSPS) is 19.5. The number of aliphatic hydroxyl groups excluding tert-OH is 1. The molecule has 0 aromatic heterocycles. The molecule has 0 bridgehead atoms. The van der Waals surface area contributed by atoms with E-state index >= 15 is 0 Å². The molecule has 0 aliphatic carbocycles. The fourth-order valence-corrected chi connectivity index (χ4v) is 8.50. The van der Waals surface area contributed by atoms with Crippen LogP contribution in [0, 0.1) is 5.92 Å². The number of benzene rings is 4. The third kappa shape index (κ3) is 9.11. The number of aliphatic hydroxyl groups is 1. The number of hydrogen-bond acceptors (Lipinski definition) is 14. The number of carbonyl (C=O) groups excluding carboxylic acids is 3. The van der Waals surface area contributed by atoms with Crippen molar-refractivity contribution in [3.05, 3.63) is 101 Å². The van der Waals surface area contributed by atoms with Gasteiger partial charge < -0.3 is 59.7 Å². The summed E-state index contributed by atoms with van der Waals surface area (Å²) in [4.78, 5) is 52.1. The summed E-state index contributed by atoms with van der Waals surface area (Å²) < 4.78 is 34.7. The predicted octanol–water partition coefficient (Wildman–Crippen LogP) is 6.50. The maximum atomic E-state index is 13.9. The van der Waals surface area contributed by atoms with Crippen LogP contribution in [0.3, 0.4) is 0 Å². The number of anilines is 1. The molecule has 348 valence electrons. The van der Waals surface area contributed by atoms with E-state index in [2.05, 4.69) is 10.6 Å². The number of rotatable bonds is 15. The lowest BCUT2D eigenvalue weighted by Crippen LogP contribution is -2.50. The zero-order valence-electron chi connectivity index (χ0n) is 37.9. The Hall–Kier alpha value is -7.37. The van der Waals surface area contributed by atoms with Crippen LogP contribution in [0.4, 0.5) is 17.1 Å². The van der Waals surface area contributed by atoms with E-state index < -0.39 is 18.3 Å². The van der Waals surface area contributed by atoms with Crippen molar-refractivity contribution in [2.45, 2.75) is 70.4 Å². The van der Waals surface area contributed by atoms with Crippen molar-refractivity contribution in [3.8, 4) is 34.5 Å². The second-order valence-electron chi connectivity index (χ2n) is 17.2. The summed E-state index contributed by atoms with van der Waals surface area (Å²) in [7, 11) is 3.08. The van der Waals surface area contributed by atoms with Crippen molar-refractivity contribution in [2.75, 3.05) is 39.5 Å². The zero-order chi connectivity index (χ0) is 46.9. The van der Waals surface area contributed by atoms with Gasteiger partial charge in [0.1, 0.15) is 6.04 Å². The highest BCUT2D eigenvalue weighted by atomic mass is 16.7. The second kappa shape index (κ2) is 18.9. The van der Waals surface area contributed by atoms with Crippen molar-refractivity contribution in [1.82, 2.24) is 15.1 Å². The highest BCUT2D eigenvalue weighted by Gasteiger charge is 2.36. The van der Waals surface area contributed by atoms with Crippen LogP contribution < -0.4 is 44.8 Å². The number of ether oxygens (including phenoxy) is 6. The molecule has 67 heavy (non-hydrogen) atoms. The first-order chi connectivity index (χ1) is 32.4. The average molecular weight is 912 g/mol. The maximum absolute atomic E-state index is 13.9. The minimum atomic E-state index is -1.02. The molecular weight excluding hydrogens is 859 g/mol. The van der Waals surface area contributed by atoms with Gasteiger partial charge in [0.15, 0.2) is 40.7 Å². The van der Waals surface area contributed by atoms with E-state index in [9.17, 15) is 19.5 Å². The molecule has 0 saturated carbocycles. The van der Waals surface area contributed by atoms with Gasteiger partial charge in [0.05, 0.1) is 62.5 Å². The molecule has 9 rings (SSSR count). The van der Waals surface area contributed by atoms with Crippen LogP contribution in [0.1, 0.15) is 73.3 Å². The molecule has 17 heteroatoms. The standard InChI is InChI=1S/C50H53N7O10/c1-27(2)46(51)48(59)54-28(3)47(58)55-33-10-7-29(8-11-33)31-15-34-22-52-38-20-44(41(62-4)18-36(38)49(60)56(34)24-31)64-13-6-14-65-45-21-39-37(19-42(45)63-5)50(61)57-25-32(16-35(57)23-53-39)30-9-12-40-43(17-30)67-26-66-40/h7-12,17-25,27-28,34-35,46,49,60H,6,13-16,26,51H2,1-5H3,(H,54,59)(H,55,58)/t28-,34-,35?,46-,49?/m0/s1. The van der Waals surface area contributed by atoms with Gasteiger partial charge >= 0.3 is 0 Å². The summed E-state index contributed by atoms with van der Waals surface area (Å²) >= 11 is 0. The Bertz CT molecular complexity index is 2720. The lowest BCUT2D eigenvalue weighted by molar-refractivity contribution is -0.127. The number of fused-ring (bicyclic) bond motifs is 5. The molecule has 2 unspecified atom stereocenters. The van der Waals surface area contributed by atoms with Crippen LogP contribution in [0.2, 0.25) is 0 Å². The van der Waals surface area contributed by atoms with Crippen molar-refractivity contribution in [2.24, 2.45) is 21.6 Å². The fraction of sp³-hybridized carbons (Fsp3) is 0.340. The van der Waals surface area contributed by atoms with E-state index in [1.54, 1.807) is 61.5 Å². The van der Waals surface area contributed by atoms with Crippen LogP contribution in [0.25, 0.3) is 11.1 Å². The summed E-state index contributed by atoms with van der Waals surface area (Å²) in [5.74, 6) is 2.19. The first kappa shape index (κ1) is 44.8. The highest BCUT2D eigenvalue weighted by molar-refractivity contribution is 6.05. The molecule has 0 fully saturated rings. The molecule has 5 N–H and O–H groups in total. The quantitative estimate of drug-likeness (QED) is 0.0943. The second-order valence-corrected chi connectivity index (χ2v) is 17.2. The van der Waals surface area contributed by atoms with Crippen LogP contribution >= 0.6 is 0 Å². The van der Waals surface area contributed by atoms with Gasteiger partial charge in [-0.05, 0) is 77.9 Å². The van der Waals surface area contributed by atoms with Gasteiger partial charge in [-0.1, -0.05) is 32.0 Å². The Morgan fingerprint density at radius 2 is 1.43 bits per heavy atom. The number of nitrogens with one attached hydrogen (secondary N) is 2. The first-order valence-electron chi connectivity index (χ1n) is 22.2. The Morgan fingerprint density at radius 1 is 0.791 bits per heavy atom. The Labute approximate surface area is 387 Å². The number of amides is 3. The molecule has 0 saturated heterocycles. The molecule has 5 aliphatic rings. The van der Waals surface area contributed by atoms with Crippen LogP contribution in [0.15, 0.2) is 89.1 Å². The van der Waals surface area contributed by atoms with Gasteiger partial charge in [-0.2, -0.15) is 0 Å². The Morgan fingerprint density at radius 3 is 2.16 bits per heavy atom. The fourth-order valence-electron chi connectivity index (χ4n) is 8.50. The van der Waals surface area contributed by atoms with Gasteiger partial charge in [0.2, 0.25) is 18.6 Å². The third-order valence-corrected chi connectivity index (χ3v) is 12.4. The van der Waals surface area contributed by atoms with Crippen molar-refractivity contribution in [1.29, 1.82) is 0 Å². The SMILES string of the molecule is COc1cc2c(cc1OCCCOc1cc3c(cc1OC)C(O)N1C=C(c4ccc(NC(=O)[C@H](C)NC(=O)[C@@H](N)C(C)C)cc4)C[C@H]1C=N3)N=CC1CC(c3ccc4c(c3)OCO4)=CN1C2=O. The van der Waals surface area contributed by atoms with Gasteiger partial charge in [-0.15, -0.1) is 0 Å². The van der Waals surface area contributed by atoms with E-state index in [-0.39, 0.29) is 55.7 Å². The number of nitrogens with zero attached hydrogens (tertiary/aromatic N) is 4. The molecule has 17 nitrogen and oxygen atoms in total. The summed E-state index contributed by atoms with van der Waals surface area (Å²) in [5, 5.41) is 17.2. The topological polar surface area (TPSA) is 208 Å². The van der Waals surface area contributed by atoms with E-state index in [0.717, 1.165) is 22.3 Å². The lowest BCUT2D eigenvalue weighted by Gasteiger charge is -2.27. The van der Waals surface area contributed by atoms with Gasteiger partial charge in [-0.3, -0.25) is 24.4 Å². The monoisotopic (exact) mass is 911 g/mol. The first-order valence-corrected chi connectivity index (χ1v) is 22.2. The summed E-state index contributed by atoms with van der Waals surface area (Å²) in [6.45, 7) is 6.06. The zero-order valence-corrected chi connectivity index (χ0v) is 37.9. The van der Waals surface area contributed by atoms with Crippen LogP contribution in [0.5, 0.6) is 34.5 Å². The molecule has 5 aliphatic heterocycles. The minimum Gasteiger partial charge on any atom is -0.493 e. The van der Waals surface area contributed by atoms with E-state index in [4.69, 9.17) is 44.1 Å². The average Bonchev–Trinajstić information content (AvgIpc) is 4.07. The van der Waals surface area contributed by atoms with Crippen LogP contribution in [-0.2, 0) is 9.59 Å². The molecule has 3 amide bonds. The minimum absolute atomic E-state index is 0.0555. The smallest absolute Gasteiger partial charge is 0.260 e. The van der Waals surface area contributed by atoms with Gasteiger partial charge in [0, 0.05) is 61.1 Å². The van der Waals surface area contributed by atoms with E-state index in [1.807, 2.05) is 67.7 Å². The summed E-state index contributed by atoms with van der Waals surface area (Å²) in [5.41, 5.74) is 12.4. The van der Waals surface area contributed by atoms with Gasteiger partial charge in [-0.25, -0.2) is 0 Å². The Balaban J connectivity index is 0.796. The highest BCUT2D eigenvalue weighted by Crippen LogP contribution is 2.45. The van der Waals surface area contributed by atoms with Crippen LogP contribution in [-0.4, -0.2) is 103 Å². The molecule has 0 radical (unpaired) electrons. The number of aliphatic imine (C=N–C) groups is 2. The molecule has 4 aromatic rings. The van der Waals surface area contributed by atoms with E-state index in [0.29, 0.717) is 81.9 Å². The molecule has 0 spiro atoms. The van der Waals surface area contributed by atoms with Gasteiger partial charge in [0.25, 0.3) is 5.91 Å². The number of nitrogens with two attached hydrogens (primary N) is 1. The van der Waals surface area contributed by atoms with E-state index in [1.165, 1.54) is 7.11 Å². The number of methoxy groups -OCH3 is 2. The Kier molecular flexibility index (Phi) is 12.6. The van der Waals surface area contributed by atoms with Crippen molar-refractivity contribution < 1.29 is 47.9 Å². The molecule has 5 heterocycles. The number of carbonyl (C=O) groups is 3. The van der Waals surface area contributed by atoms with Crippen molar-refractivity contribution in [3.63, 3.8) is 0 Å². The van der Waals surface area contributed by atoms with Crippen molar-refractivity contribution >= 4 is 58.4 Å². The third-order valence-electron chi connectivity index (χ3n) is 12.4. The maximum Gasteiger partial charge on any atom is 0.260 e.